The van der Waals surface area contributed by atoms with Crippen LogP contribution < -0.4 is 0 Å². The van der Waals surface area contributed by atoms with E-state index in [0.717, 1.165) is 18.5 Å². The molecule has 0 N–H and O–H groups in total. The molecule has 0 bridgehead atoms. The van der Waals surface area contributed by atoms with Crippen LogP contribution in [0.2, 0.25) is 0 Å². The van der Waals surface area contributed by atoms with Crippen LogP contribution in [0.1, 0.15) is 60.1 Å². The van der Waals surface area contributed by atoms with E-state index < -0.39 is 5.41 Å². The van der Waals surface area contributed by atoms with Gasteiger partial charge in [0.1, 0.15) is 0 Å². The van der Waals surface area contributed by atoms with Crippen molar-refractivity contribution >= 4 is 21.8 Å². The molecule has 0 radical (unpaired) electrons. The van der Waals surface area contributed by atoms with Gasteiger partial charge >= 0.3 is 0 Å². The monoisotopic (exact) mass is 706 g/mol. The number of nitrogens with zero attached hydrogens (tertiary/aromatic N) is 2. The molecule has 2 heteroatoms. The lowest BCUT2D eigenvalue weighted by Gasteiger charge is -2.38. The summed E-state index contributed by atoms with van der Waals surface area (Å²) in [5, 5.41) is 2.52. The Morgan fingerprint density at radius 3 is 1.58 bits per heavy atom. The minimum Gasteiger partial charge on any atom is -0.309 e. The predicted molar refractivity (Wildman–Crippen MR) is 229 cm³/mol. The molecule has 9 aromatic rings. The SMILES string of the molecule is CCC1(CC)c2cc(-c3ccc4c(c3)c3ccccc3n4-c3ccncc3)ccc2-c2ccc(C(c3ccccc3)(c3ccccc3)c3ccccc3)cc21. The maximum atomic E-state index is 4.28. The number of pyridine rings is 1. The zero-order chi connectivity index (χ0) is 37.0. The first-order valence-corrected chi connectivity index (χ1v) is 19.6. The van der Waals surface area contributed by atoms with Crippen LogP contribution in [0.15, 0.2) is 194 Å². The Kier molecular flexibility index (Phi) is 7.89. The van der Waals surface area contributed by atoms with Crippen LogP contribution in [-0.2, 0) is 10.8 Å². The third-order valence-corrected chi connectivity index (χ3v) is 12.5. The molecular weight excluding hydrogens is 665 g/mol. The molecule has 10 rings (SSSR count). The molecule has 0 saturated heterocycles. The number of fused-ring (bicyclic) bond motifs is 6. The lowest BCUT2D eigenvalue weighted by atomic mass is 9.64. The highest BCUT2D eigenvalue weighted by Crippen LogP contribution is 2.56. The quantitative estimate of drug-likeness (QED) is 0.144. The molecule has 0 saturated carbocycles. The Balaban J connectivity index is 1.15. The summed E-state index contributed by atoms with van der Waals surface area (Å²) in [6, 6.07) is 67.7. The van der Waals surface area contributed by atoms with E-state index in [0.29, 0.717) is 0 Å². The Labute approximate surface area is 323 Å². The van der Waals surface area contributed by atoms with Crippen molar-refractivity contribution in [3.8, 4) is 27.9 Å². The van der Waals surface area contributed by atoms with Crippen molar-refractivity contribution in [1.29, 1.82) is 0 Å². The molecule has 0 aliphatic heterocycles. The maximum absolute atomic E-state index is 4.28. The normalized spacial score (nSPS) is 13.2. The molecule has 0 unspecified atom stereocenters. The average Bonchev–Trinajstić information content (AvgIpc) is 3.74. The molecule has 1 aliphatic carbocycles. The highest BCUT2D eigenvalue weighted by Gasteiger charge is 2.44. The Morgan fingerprint density at radius 2 is 0.964 bits per heavy atom. The van der Waals surface area contributed by atoms with Crippen LogP contribution in [0.5, 0.6) is 0 Å². The molecule has 0 atom stereocenters. The van der Waals surface area contributed by atoms with Crippen LogP contribution in [0.25, 0.3) is 49.7 Å². The van der Waals surface area contributed by atoms with Gasteiger partial charge in [-0.2, -0.15) is 0 Å². The number of hydrogen-bond acceptors (Lipinski definition) is 1. The standard InChI is InChI=1S/C53H42N2/c1-3-52(4-2)48-35-38(37-25-29-51-47(34-37)46-22-14-15-23-50(46)55(51)43-30-32-54-33-31-43)24-27-44(48)45-28-26-42(36-49(45)52)53(39-16-8-5-9-17-39,40-18-10-6-11-19-40)41-20-12-7-13-21-41/h5-36H,3-4H2,1-2H3. The predicted octanol–water partition coefficient (Wildman–Crippen LogP) is 13.3. The first kappa shape index (κ1) is 33.1. The summed E-state index contributed by atoms with van der Waals surface area (Å²) in [7, 11) is 0. The van der Waals surface area contributed by atoms with Gasteiger partial charge in [0.25, 0.3) is 0 Å². The lowest BCUT2D eigenvalue weighted by Crippen LogP contribution is -2.32. The van der Waals surface area contributed by atoms with Gasteiger partial charge in [0.05, 0.1) is 16.4 Å². The molecule has 0 spiro atoms. The fourth-order valence-corrected chi connectivity index (χ4v) is 9.91. The molecule has 0 fully saturated rings. The molecule has 2 nitrogen and oxygen atoms in total. The third kappa shape index (κ3) is 4.91. The molecule has 55 heavy (non-hydrogen) atoms. The van der Waals surface area contributed by atoms with Gasteiger partial charge in [-0.1, -0.05) is 159 Å². The highest BCUT2D eigenvalue weighted by molar-refractivity contribution is 6.10. The second kappa shape index (κ2) is 13.1. The van der Waals surface area contributed by atoms with Crippen molar-refractivity contribution in [3.05, 3.63) is 228 Å². The first-order chi connectivity index (χ1) is 27.2. The summed E-state index contributed by atoms with van der Waals surface area (Å²) in [6.07, 6.45) is 5.77. The molecule has 2 heterocycles. The number of rotatable bonds is 8. The van der Waals surface area contributed by atoms with Gasteiger partial charge in [-0.25, -0.2) is 0 Å². The number of para-hydroxylation sites is 1. The van der Waals surface area contributed by atoms with Crippen molar-refractivity contribution < 1.29 is 0 Å². The van der Waals surface area contributed by atoms with Crippen LogP contribution in [0, 0.1) is 0 Å². The van der Waals surface area contributed by atoms with E-state index in [2.05, 4.69) is 205 Å². The minimum atomic E-state index is -0.489. The summed E-state index contributed by atoms with van der Waals surface area (Å²) in [6.45, 7) is 4.75. The molecule has 1 aliphatic rings. The average molecular weight is 707 g/mol. The number of benzene rings is 7. The van der Waals surface area contributed by atoms with E-state index in [-0.39, 0.29) is 5.41 Å². The van der Waals surface area contributed by atoms with Gasteiger partial charge in [-0.05, 0) is 105 Å². The van der Waals surface area contributed by atoms with Crippen LogP contribution in [-0.4, -0.2) is 9.55 Å². The van der Waals surface area contributed by atoms with Crippen LogP contribution >= 0.6 is 0 Å². The lowest BCUT2D eigenvalue weighted by molar-refractivity contribution is 0.489. The summed E-state index contributed by atoms with van der Waals surface area (Å²) in [5.41, 5.74) is 16.1. The fourth-order valence-electron chi connectivity index (χ4n) is 9.91. The Morgan fingerprint density at radius 1 is 0.455 bits per heavy atom. The number of hydrogen-bond donors (Lipinski definition) is 0. The Bertz CT molecular complexity index is 2720. The molecule has 7 aromatic carbocycles. The summed E-state index contributed by atoms with van der Waals surface area (Å²) in [4.78, 5) is 4.28. The number of aromatic nitrogens is 2. The van der Waals surface area contributed by atoms with Crippen molar-refractivity contribution in [2.24, 2.45) is 0 Å². The fraction of sp³-hybridized carbons (Fsp3) is 0.113. The minimum absolute atomic E-state index is 0.117. The zero-order valence-corrected chi connectivity index (χ0v) is 31.3. The topological polar surface area (TPSA) is 17.8 Å². The van der Waals surface area contributed by atoms with Gasteiger partial charge in [-0.15, -0.1) is 0 Å². The smallest absolute Gasteiger partial charge is 0.0701 e. The van der Waals surface area contributed by atoms with Crippen molar-refractivity contribution in [2.75, 3.05) is 0 Å². The molecular formula is C53H42N2. The molecule has 2 aromatic heterocycles. The van der Waals surface area contributed by atoms with E-state index in [1.54, 1.807) is 0 Å². The first-order valence-electron chi connectivity index (χ1n) is 19.6. The molecule has 0 amide bonds. The summed E-state index contributed by atoms with van der Waals surface area (Å²) in [5.74, 6) is 0. The highest BCUT2D eigenvalue weighted by atomic mass is 15.0. The van der Waals surface area contributed by atoms with Gasteiger partial charge < -0.3 is 4.57 Å². The second-order valence-corrected chi connectivity index (χ2v) is 14.9. The van der Waals surface area contributed by atoms with Crippen LogP contribution in [0.4, 0.5) is 0 Å². The Hall–Kier alpha value is -6.51. The van der Waals surface area contributed by atoms with Crippen molar-refractivity contribution in [3.63, 3.8) is 0 Å². The largest absolute Gasteiger partial charge is 0.309 e. The van der Waals surface area contributed by atoms with Gasteiger partial charge in [0, 0.05) is 34.3 Å². The van der Waals surface area contributed by atoms with Crippen molar-refractivity contribution in [2.45, 2.75) is 37.5 Å². The van der Waals surface area contributed by atoms with Gasteiger partial charge in [0.15, 0.2) is 0 Å². The van der Waals surface area contributed by atoms with Crippen molar-refractivity contribution in [1.82, 2.24) is 9.55 Å². The van der Waals surface area contributed by atoms with E-state index in [9.17, 15) is 0 Å². The molecule has 264 valence electrons. The van der Waals surface area contributed by atoms with E-state index in [4.69, 9.17) is 0 Å². The third-order valence-electron chi connectivity index (χ3n) is 12.5. The summed E-state index contributed by atoms with van der Waals surface area (Å²) < 4.78 is 2.35. The summed E-state index contributed by atoms with van der Waals surface area (Å²) >= 11 is 0. The van der Waals surface area contributed by atoms with E-state index in [1.807, 2.05) is 12.4 Å². The maximum Gasteiger partial charge on any atom is 0.0701 e. The van der Waals surface area contributed by atoms with Crippen LogP contribution in [0.3, 0.4) is 0 Å². The zero-order valence-electron chi connectivity index (χ0n) is 31.3. The van der Waals surface area contributed by atoms with Gasteiger partial charge in [-0.3, -0.25) is 4.98 Å². The second-order valence-electron chi connectivity index (χ2n) is 14.9. The van der Waals surface area contributed by atoms with E-state index >= 15 is 0 Å². The van der Waals surface area contributed by atoms with E-state index in [1.165, 1.54) is 77.4 Å². The van der Waals surface area contributed by atoms with Gasteiger partial charge in [0.2, 0.25) is 0 Å².